The van der Waals surface area contributed by atoms with E-state index in [0.29, 0.717) is 0 Å². The summed E-state index contributed by atoms with van der Waals surface area (Å²) in [5.74, 6) is 0.434. The predicted molar refractivity (Wildman–Crippen MR) is 36.3 cm³/mol. The van der Waals surface area contributed by atoms with E-state index < -0.39 is 0 Å². The Hall–Kier alpha value is -1.25. The molecule has 0 unspecified atom stereocenters. The summed E-state index contributed by atoms with van der Waals surface area (Å²) in [7, 11) is 0. The molecule has 1 amide bonds. The highest BCUT2D eigenvalue weighted by atomic mass is 16.3. The van der Waals surface area contributed by atoms with Crippen LogP contribution in [0.5, 0.6) is 0 Å². The molecule has 3 nitrogen and oxygen atoms in total. The largest absolute Gasteiger partial charge is 0.469 e. The Morgan fingerprint density at radius 3 is 2.90 bits per heavy atom. The van der Waals surface area contributed by atoms with E-state index in [1.807, 2.05) is 0 Å². The third kappa shape index (κ3) is 1.37. The molecular weight excluding hydrogens is 130 g/mol. The summed E-state index contributed by atoms with van der Waals surface area (Å²) >= 11 is 0. The first-order chi connectivity index (χ1) is 4.70. The van der Waals surface area contributed by atoms with Crippen molar-refractivity contribution in [1.29, 1.82) is 0 Å². The lowest BCUT2D eigenvalue weighted by molar-refractivity contribution is -0.117. The monoisotopic (exact) mass is 139 g/mol. The van der Waals surface area contributed by atoms with Crippen LogP contribution in [-0.4, -0.2) is 5.91 Å². The topological polar surface area (TPSA) is 56.2 Å². The number of carbonyl (C=O) groups excluding carboxylic acids is 1. The molecule has 0 radical (unpaired) electrons. The molecule has 10 heavy (non-hydrogen) atoms. The highest BCUT2D eigenvalue weighted by Gasteiger charge is 2.03. The highest BCUT2D eigenvalue weighted by Crippen LogP contribution is 2.08. The van der Waals surface area contributed by atoms with Gasteiger partial charge >= 0.3 is 0 Å². The van der Waals surface area contributed by atoms with E-state index in [2.05, 4.69) is 0 Å². The van der Waals surface area contributed by atoms with Crippen LogP contribution in [0.2, 0.25) is 0 Å². The summed E-state index contributed by atoms with van der Waals surface area (Å²) in [6, 6.07) is 1.75. The minimum absolute atomic E-state index is 0.266. The van der Waals surface area contributed by atoms with Gasteiger partial charge < -0.3 is 10.2 Å². The van der Waals surface area contributed by atoms with Crippen molar-refractivity contribution in [3.8, 4) is 0 Å². The molecule has 1 heterocycles. The smallest absolute Gasteiger partial charge is 0.221 e. The van der Waals surface area contributed by atoms with Gasteiger partial charge in [0.05, 0.1) is 12.7 Å². The summed E-state index contributed by atoms with van der Waals surface area (Å²) in [6.07, 6.45) is 1.82. The molecule has 2 N–H and O–H groups in total. The Bertz CT molecular complexity index is 240. The molecule has 0 spiro atoms. The second-order valence-corrected chi connectivity index (χ2v) is 2.15. The molecule has 1 aromatic heterocycles. The zero-order valence-electron chi connectivity index (χ0n) is 5.76. The van der Waals surface area contributed by atoms with E-state index >= 15 is 0 Å². The zero-order chi connectivity index (χ0) is 7.56. The van der Waals surface area contributed by atoms with Crippen molar-refractivity contribution in [2.75, 3.05) is 0 Å². The molecule has 3 heteroatoms. The lowest BCUT2D eigenvalue weighted by Gasteiger charge is -1.91. The molecule has 0 fully saturated rings. The number of aryl methyl sites for hydroxylation is 1. The molecule has 0 aliphatic heterocycles. The van der Waals surface area contributed by atoms with Gasteiger partial charge in [0.2, 0.25) is 5.91 Å². The van der Waals surface area contributed by atoms with Gasteiger partial charge in [0.1, 0.15) is 5.76 Å². The average Bonchev–Trinajstić information content (AvgIpc) is 2.15. The van der Waals surface area contributed by atoms with Crippen molar-refractivity contribution in [2.24, 2.45) is 5.73 Å². The van der Waals surface area contributed by atoms with Gasteiger partial charge in [-0.15, -0.1) is 0 Å². The number of rotatable bonds is 2. The van der Waals surface area contributed by atoms with Gasteiger partial charge in [0.25, 0.3) is 0 Å². The lowest BCUT2D eigenvalue weighted by atomic mass is 10.2. The minimum Gasteiger partial charge on any atom is -0.469 e. The second-order valence-electron chi connectivity index (χ2n) is 2.15. The van der Waals surface area contributed by atoms with Crippen molar-refractivity contribution < 1.29 is 9.21 Å². The Morgan fingerprint density at radius 1 is 1.80 bits per heavy atom. The molecule has 1 aromatic rings. The SMILES string of the molecule is Cc1occc1CC(N)=O. The zero-order valence-corrected chi connectivity index (χ0v) is 5.76. The van der Waals surface area contributed by atoms with Crippen molar-refractivity contribution in [3.05, 3.63) is 23.7 Å². The van der Waals surface area contributed by atoms with Crippen molar-refractivity contribution in [1.82, 2.24) is 0 Å². The number of hydrogen-bond acceptors (Lipinski definition) is 2. The number of carbonyl (C=O) groups is 1. The first-order valence-corrected chi connectivity index (χ1v) is 3.01. The lowest BCUT2D eigenvalue weighted by Crippen LogP contribution is -2.13. The standard InChI is InChI=1S/C7H9NO2/c1-5-6(2-3-10-5)4-7(8)9/h2-3H,4H2,1H3,(H2,8,9). The second kappa shape index (κ2) is 2.56. The normalized spacial score (nSPS) is 9.70. The number of amides is 1. The molecule has 0 aliphatic rings. The van der Waals surface area contributed by atoms with E-state index in [0.717, 1.165) is 11.3 Å². The van der Waals surface area contributed by atoms with Crippen LogP contribution in [0.3, 0.4) is 0 Å². The van der Waals surface area contributed by atoms with E-state index in [1.165, 1.54) is 0 Å². The molecule has 1 rings (SSSR count). The van der Waals surface area contributed by atoms with Gasteiger partial charge in [0, 0.05) is 5.56 Å². The summed E-state index contributed by atoms with van der Waals surface area (Å²) in [5, 5.41) is 0. The van der Waals surface area contributed by atoms with Gasteiger partial charge in [-0.3, -0.25) is 4.79 Å². The Balaban J connectivity index is 2.74. The van der Waals surface area contributed by atoms with Gasteiger partial charge in [-0.25, -0.2) is 0 Å². The van der Waals surface area contributed by atoms with Crippen LogP contribution in [0.15, 0.2) is 16.7 Å². The fraction of sp³-hybridized carbons (Fsp3) is 0.286. The van der Waals surface area contributed by atoms with Gasteiger partial charge in [-0.05, 0) is 13.0 Å². The van der Waals surface area contributed by atoms with Crippen LogP contribution in [-0.2, 0) is 11.2 Å². The first-order valence-electron chi connectivity index (χ1n) is 3.01. The number of primary amides is 1. The summed E-state index contributed by atoms with van der Waals surface area (Å²) in [5.41, 5.74) is 5.84. The van der Waals surface area contributed by atoms with Crippen LogP contribution in [0.1, 0.15) is 11.3 Å². The van der Waals surface area contributed by atoms with Crippen LogP contribution >= 0.6 is 0 Å². The predicted octanol–water partition coefficient (Wildman–Crippen LogP) is 0.616. The quantitative estimate of drug-likeness (QED) is 0.652. The molecule has 54 valence electrons. The van der Waals surface area contributed by atoms with Gasteiger partial charge in [0.15, 0.2) is 0 Å². The van der Waals surface area contributed by atoms with Crippen molar-refractivity contribution in [2.45, 2.75) is 13.3 Å². The molecule has 0 aliphatic carbocycles. The Labute approximate surface area is 58.8 Å². The summed E-state index contributed by atoms with van der Waals surface area (Å²) in [4.78, 5) is 10.4. The third-order valence-corrected chi connectivity index (χ3v) is 1.33. The maximum atomic E-state index is 10.4. The maximum Gasteiger partial charge on any atom is 0.221 e. The van der Waals surface area contributed by atoms with E-state index in [4.69, 9.17) is 10.2 Å². The van der Waals surface area contributed by atoms with E-state index in [1.54, 1.807) is 19.3 Å². The molecule has 0 atom stereocenters. The molecular formula is C7H9NO2. The summed E-state index contributed by atoms with van der Waals surface area (Å²) in [6.45, 7) is 1.80. The van der Waals surface area contributed by atoms with Crippen LogP contribution < -0.4 is 5.73 Å². The fourth-order valence-corrected chi connectivity index (χ4v) is 0.782. The maximum absolute atomic E-state index is 10.4. The number of hydrogen-bond donors (Lipinski definition) is 1. The van der Waals surface area contributed by atoms with E-state index in [9.17, 15) is 4.79 Å². The minimum atomic E-state index is -0.329. The van der Waals surface area contributed by atoms with Crippen LogP contribution in [0, 0.1) is 6.92 Å². The molecule has 0 saturated carbocycles. The first kappa shape index (κ1) is 6.86. The van der Waals surface area contributed by atoms with Crippen molar-refractivity contribution >= 4 is 5.91 Å². The van der Waals surface area contributed by atoms with Crippen LogP contribution in [0.4, 0.5) is 0 Å². The number of furan rings is 1. The van der Waals surface area contributed by atoms with Crippen molar-refractivity contribution in [3.63, 3.8) is 0 Å². The Kier molecular flexibility index (Phi) is 1.76. The van der Waals surface area contributed by atoms with Gasteiger partial charge in [-0.1, -0.05) is 0 Å². The highest BCUT2D eigenvalue weighted by molar-refractivity contribution is 5.76. The van der Waals surface area contributed by atoms with Gasteiger partial charge in [-0.2, -0.15) is 0 Å². The van der Waals surface area contributed by atoms with E-state index in [-0.39, 0.29) is 12.3 Å². The molecule has 0 saturated heterocycles. The summed E-state index contributed by atoms with van der Waals surface area (Å²) < 4.78 is 4.96. The Morgan fingerprint density at radius 2 is 2.50 bits per heavy atom. The van der Waals surface area contributed by atoms with Crippen LogP contribution in [0.25, 0.3) is 0 Å². The fourth-order valence-electron chi connectivity index (χ4n) is 0.782. The molecule has 0 bridgehead atoms. The average molecular weight is 139 g/mol. The third-order valence-electron chi connectivity index (χ3n) is 1.33. The number of nitrogens with two attached hydrogens (primary N) is 1. The molecule has 0 aromatic carbocycles.